The number of hydrogen-bond acceptors (Lipinski definition) is 3. The molecule has 1 amide bonds. The van der Waals surface area contributed by atoms with E-state index in [-0.39, 0.29) is 11.8 Å². The molecule has 0 bridgehead atoms. The molecule has 0 aliphatic carbocycles. The topological polar surface area (TPSA) is 53.3 Å². The van der Waals surface area contributed by atoms with Crippen molar-refractivity contribution in [3.63, 3.8) is 0 Å². The predicted molar refractivity (Wildman–Crippen MR) is 68.1 cm³/mol. The molecule has 94 valence electrons. The van der Waals surface area contributed by atoms with Gasteiger partial charge in [0.05, 0.1) is 23.8 Å². The van der Waals surface area contributed by atoms with Crippen molar-refractivity contribution in [2.75, 3.05) is 25.2 Å². The molecule has 0 aromatic heterocycles. The average Bonchev–Trinajstić information content (AvgIpc) is 2.46. The molecule has 1 aliphatic heterocycles. The fourth-order valence-electron chi connectivity index (χ4n) is 2.19. The molecule has 0 saturated carbocycles. The van der Waals surface area contributed by atoms with Crippen molar-refractivity contribution in [1.29, 1.82) is 5.26 Å². The summed E-state index contributed by atoms with van der Waals surface area (Å²) >= 11 is 0. The van der Waals surface area contributed by atoms with E-state index in [2.05, 4.69) is 6.07 Å². The van der Waals surface area contributed by atoms with Crippen LogP contribution in [0.1, 0.15) is 18.4 Å². The molecule has 1 aliphatic rings. The van der Waals surface area contributed by atoms with Gasteiger partial charge in [-0.1, -0.05) is 12.1 Å². The van der Waals surface area contributed by atoms with Gasteiger partial charge < -0.3 is 9.64 Å². The molecule has 1 unspecified atom stereocenters. The lowest BCUT2D eigenvalue weighted by Gasteiger charge is -2.27. The number of anilines is 1. The number of carbonyl (C=O) groups is 1. The van der Waals surface area contributed by atoms with Gasteiger partial charge in [0.1, 0.15) is 6.07 Å². The van der Waals surface area contributed by atoms with Crippen LogP contribution in [0.15, 0.2) is 24.3 Å². The molecule has 4 heteroatoms. The Morgan fingerprint density at radius 2 is 2.28 bits per heavy atom. The Morgan fingerprint density at radius 3 is 2.94 bits per heavy atom. The van der Waals surface area contributed by atoms with E-state index >= 15 is 0 Å². The number of amides is 1. The molecule has 0 radical (unpaired) electrons. The molecular weight excluding hydrogens is 228 g/mol. The van der Waals surface area contributed by atoms with Crippen molar-refractivity contribution < 1.29 is 9.53 Å². The monoisotopic (exact) mass is 244 g/mol. The van der Waals surface area contributed by atoms with Crippen LogP contribution < -0.4 is 4.90 Å². The van der Waals surface area contributed by atoms with Crippen molar-refractivity contribution >= 4 is 11.6 Å². The summed E-state index contributed by atoms with van der Waals surface area (Å²) in [4.78, 5) is 13.9. The van der Waals surface area contributed by atoms with E-state index < -0.39 is 0 Å². The highest BCUT2D eigenvalue weighted by Crippen LogP contribution is 2.23. The van der Waals surface area contributed by atoms with Gasteiger partial charge in [-0.05, 0) is 25.0 Å². The van der Waals surface area contributed by atoms with E-state index in [0.717, 1.165) is 19.4 Å². The highest BCUT2D eigenvalue weighted by atomic mass is 16.5. The number of carbonyl (C=O) groups excluding carboxylic acids is 1. The maximum absolute atomic E-state index is 12.3. The molecule has 0 spiro atoms. The van der Waals surface area contributed by atoms with Crippen molar-refractivity contribution in [1.82, 2.24) is 0 Å². The van der Waals surface area contributed by atoms with Crippen LogP contribution in [0.2, 0.25) is 0 Å². The number of rotatable bonds is 2. The zero-order valence-corrected chi connectivity index (χ0v) is 10.4. The zero-order chi connectivity index (χ0) is 13.0. The lowest BCUT2D eigenvalue weighted by Crippen LogP contribution is -2.37. The van der Waals surface area contributed by atoms with E-state index in [4.69, 9.17) is 10.00 Å². The van der Waals surface area contributed by atoms with Crippen LogP contribution in [-0.2, 0) is 9.53 Å². The fraction of sp³-hybridized carbons (Fsp3) is 0.429. The Labute approximate surface area is 107 Å². The van der Waals surface area contributed by atoms with Crippen LogP contribution in [0.5, 0.6) is 0 Å². The quantitative estimate of drug-likeness (QED) is 0.799. The number of para-hydroxylation sites is 1. The number of nitrogens with zero attached hydrogens (tertiary/aromatic N) is 2. The van der Waals surface area contributed by atoms with E-state index in [0.29, 0.717) is 17.9 Å². The van der Waals surface area contributed by atoms with Gasteiger partial charge in [-0.25, -0.2) is 0 Å². The smallest absolute Gasteiger partial charge is 0.232 e. The summed E-state index contributed by atoms with van der Waals surface area (Å²) in [5.74, 6) is -0.0621. The van der Waals surface area contributed by atoms with Crippen LogP contribution in [-0.4, -0.2) is 26.2 Å². The first-order valence-corrected chi connectivity index (χ1v) is 6.08. The minimum absolute atomic E-state index is 0.0254. The summed E-state index contributed by atoms with van der Waals surface area (Å²) in [5, 5.41) is 9.05. The summed E-state index contributed by atoms with van der Waals surface area (Å²) < 4.78 is 5.33. The molecule has 1 atom stereocenters. The molecule has 1 heterocycles. The first-order valence-electron chi connectivity index (χ1n) is 6.08. The van der Waals surface area contributed by atoms with Crippen LogP contribution >= 0.6 is 0 Å². The summed E-state index contributed by atoms with van der Waals surface area (Å²) in [7, 11) is 1.72. The predicted octanol–water partition coefficient (Wildman–Crippen LogP) is 1.95. The number of ether oxygens (including phenoxy) is 1. The van der Waals surface area contributed by atoms with Crippen molar-refractivity contribution in [3.8, 4) is 6.07 Å². The van der Waals surface area contributed by atoms with Gasteiger partial charge in [-0.2, -0.15) is 5.26 Å². The van der Waals surface area contributed by atoms with Gasteiger partial charge in [0.2, 0.25) is 5.91 Å². The lowest BCUT2D eigenvalue weighted by atomic mass is 10.0. The molecule has 1 aromatic rings. The summed E-state index contributed by atoms with van der Waals surface area (Å²) in [5.41, 5.74) is 1.18. The minimum Gasteiger partial charge on any atom is -0.381 e. The molecule has 0 N–H and O–H groups in total. The van der Waals surface area contributed by atoms with Crippen molar-refractivity contribution in [3.05, 3.63) is 29.8 Å². The minimum atomic E-state index is -0.0875. The Balaban J connectivity index is 2.17. The molecule has 1 aromatic carbocycles. The summed E-state index contributed by atoms with van der Waals surface area (Å²) in [6, 6.07) is 9.25. The van der Waals surface area contributed by atoms with E-state index in [1.165, 1.54) is 0 Å². The molecule has 1 fully saturated rings. The van der Waals surface area contributed by atoms with Gasteiger partial charge in [-0.3, -0.25) is 4.79 Å². The van der Waals surface area contributed by atoms with Crippen LogP contribution in [0.4, 0.5) is 5.69 Å². The summed E-state index contributed by atoms with van der Waals surface area (Å²) in [6.45, 7) is 1.22. The number of nitriles is 1. The third-order valence-electron chi connectivity index (χ3n) is 3.23. The largest absolute Gasteiger partial charge is 0.381 e. The lowest BCUT2D eigenvalue weighted by molar-refractivity contribution is -0.126. The Morgan fingerprint density at radius 1 is 1.50 bits per heavy atom. The zero-order valence-electron chi connectivity index (χ0n) is 10.4. The molecule has 1 saturated heterocycles. The highest BCUT2D eigenvalue weighted by Gasteiger charge is 2.26. The maximum atomic E-state index is 12.3. The van der Waals surface area contributed by atoms with Crippen molar-refractivity contribution in [2.24, 2.45) is 5.92 Å². The Bertz CT molecular complexity index is 473. The first kappa shape index (κ1) is 12.6. The number of benzene rings is 1. The SMILES string of the molecule is CN(C(=O)C1CCCOC1)c1ccccc1C#N. The second-order valence-electron chi connectivity index (χ2n) is 4.44. The standard InChI is InChI=1S/C14H16N2O2/c1-16(13-7-3-2-5-11(13)9-15)14(17)12-6-4-8-18-10-12/h2-3,5,7,12H,4,6,8,10H2,1H3. The fourth-order valence-corrected chi connectivity index (χ4v) is 2.19. The molecule has 4 nitrogen and oxygen atoms in total. The first-order chi connectivity index (χ1) is 8.74. The Hall–Kier alpha value is -1.86. The Kier molecular flexibility index (Phi) is 3.96. The summed E-state index contributed by atoms with van der Waals surface area (Å²) in [6.07, 6.45) is 1.78. The highest BCUT2D eigenvalue weighted by molar-refractivity contribution is 5.95. The van der Waals surface area contributed by atoms with Gasteiger partial charge in [-0.15, -0.1) is 0 Å². The normalized spacial score (nSPS) is 19.0. The van der Waals surface area contributed by atoms with E-state index in [9.17, 15) is 4.79 Å². The van der Waals surface area contributed by atoms with E-state index in [1.54, 1.807) is 30.1 Å². The molecular formula is C14H16N2O2. The average molecular weight is 244 g/mol. The third-order valence-corrected chi connectivity index (χ3v) is 3.23. The molecule has 18 heavy (non-hydrogen) atoms. The van der Waals surface area contributed by atoms with Gasteiger partial charge >= 0.3 is 0 Å². The van der Waals surface area contributed by atoms with Crippen LogP contribution in [0, 0.1) is 17.2 Å². The van der Waals surface area contributed by atoms with Gasteiger partial charge in [0, 0.05) is 13.7 Å². The van der Waals surface area contributed by atoms with E-state index in [1.807, 2.05) is 6.07 Å². The van der Waals surface area contributed by atoms with Gasteiger partial charge in [0.15, 0.2) is 0 Å². The van der Waals surface area contributed by atoms with Crippen LogP contribution in [0.3, 0.4) is 0 Å². The second kappa shape index (κ2) is 5.65. The third kappa shape index (κ3) is 2.52. The second-order valence-corrected chi connectivity index (χ2v) is 4.44. The number of hydrogen-bond donors (Lipinski definition) is 0. The maximum Gasteiger partial charge on any atom is 0.232 e. The van der Waals surface area contributed by atoms with Crippen LogP contribution in [0.25, 0.3) is 0 Å². The molecule has 2 rings (SSSR count). The van der Waals surface area contributed by atoms with Gasteiger partial charge in [0.25, 0.3) is 0 Å². The van der Waals surface area contributed by atoms with Crippen molar-refractivity contribution in [2.45, 2.75) is 12.8 Å².